The molecule has 0 spiro atoms. The molecule has 1 saturated heterocycles. The lowest BCUT2D eigenvalue weighted by Gasteiger charge is -2.25. The van der Waals surface area contributed by atoms with Crippen LogP contribution in [0.2, 0.25) is 0 Å². The van der Waals surface area contributed by atoms with Crippen LogP contribution in [0, 0.1) is 17.2 Å². The van der Waals surface area contributed by atoms with Crippen molar-refractivity contribution in [1.82, 2.24) is 10.2 Å². The molecule has 2 atom stereocenters. The summed E-state index contributed by atoms with van der Waals surface area (Å²) in [6, 6.07) is 18.1. The summed E-state index contributed by atoms with van der Waals surface area (Å²) in [6.45, 7) is 0.771. The van der Waals surface area contributed by atoms with E-state index < -0.39 is 11.9 Å². The number of aryl methyl sites for hydroxylation is 1. The number of carbonyl (C=O) groups excluding carboxylic acids is 2. The zero-order valence-corrected chi connectivity index (χ0v) is 17.2. The molecule has 2 amide bonds. The second kappa shape index (κ2) is 10.4. The van der Waals surface area contributed by atoms with Crippen LogP contribution < -0.4 is 5.32 Å². The van der Waals surface area contributed by atoms with E-state index >= 15 is 0 Å². The number of hydrogen-bond donors (Lipinski definition) is 2. The number of rotatable bonds is 9. The molecule has 7 heteroatoms. The highest BCUT2D eigenvalue weighted by atomic mass is 16.4. The number of hydrogen-bond acceptors (Lipinski definition) is 4. The molecule has 0 unspecified atom stereocenters. The molecule has 0 aromatic heterocycles. The molecular weight excluding hydrogens is 394 g/mol. The molecule has 31 heavy (non-hydrogen) atoms. The van der Waals surface area contributed by atoms with Crippen LogP contribution in [0.3, 0.4) is 0 Å². The normalized spacial score (nSPS) is 17.9. The maximum Gasteiger partial charge on any atom is 0.304 e. The minimum Gasteiger partial charge on any atom is -0.481 e. The van der Waals surface area contributed by atoms with Crippen molar-refractivity contribution in [3.05, 3.63) is 71.3 Å². The average molecular weight is 419 g/mol. The lowest BCUT2D eigenvalue weighted by atomic mass is 10.0. The van der Waals surface area contributed by atoms with Gasteiger partial charge in [-0.15, -0.1) is 0 Å². The number of likely N-dealkylation sites (tertiary alicyclic amines) is 1. The Kier molecular flexibility index (Phi) is 7.39. The zero-order chi connectivity index (χ0) is 22.2. The Hall–Kier alpha value is -3.66. The number of carboxylic acid groups (broad SMARTS) is 1. The van der Waals surface area contributed by atoms with Crippen molar-refractivity contribution >= 4 is 17.8 Å². The molecule has 160 valence electrons. The van der Waals surface area contributed by atoms with E-state index in [9.17, 15) is 14.4 Å². The van der Waals surface area contributed by atoms with Crippen LogP contribution in [-0.4, -0.2) is 46.9 Å². The van der Waals surface area contributed by atoms with Gasteiger partial charge in [-0.25, -0.2) is 0 Å². The molecule has 0 aliphatic carbocycles. The molecule has 0 saturated carbocycles. The van der Waals surface area contributed by atoms with E-state index in [0.29, 0.717) is 24.1 Å². The molecular formula is C24H25N3O4. The fourth-order valence-corrected chi connectivity index (χ4v) is 3.95. The number of carbonyl (C=O) groups is 3. The molecule has 1 aliphatic rings. The van der Waals surface area contributed by atoms with Crippen molar-refractivity contribution in [2.75, 3.05) is 13.1 Å². The van der Waals surface area contributed by atoms with Gasteiger partial charge in [0.2, 0.25) is 5.91 Å². The van der Waals surface area contributed by atoms with Gasteiger partial charge >= 0.3 is 5.97 Å². The Balaban J connectivity index is 1.61. The van der Waals surface area contributed by atoms with Crippen molar-refractivity contribution in [2.45, 2.75) is 31.7 Å². The Bertz CT molecular complexity index is 967. The van der Waals surface area contributed by atoms with Crippen LogP contribution in [0.4, 0.5) is 0 Å². The fraction of sp³-hybridized carbons (Fsp3) is 0.333. The van der Waals surface area contributed by atoms with E-state index in [1.165, 1.54) is 5.56 Å². The average Bonchev–Trinajstić information content (AvgIpc) is 3.07. The summed E-state index contributed by atoms with van der Waals surface area (Å²) >= 11 is 0. The topological polar surface area (TPSA) is 111 Å². The zero-order valence-electron chi connectivity index (χ0n) is 17.2. The third kappa shape index (κ3) is 5.92. The van der Waals surface area contributed by atoms with Gasteiger partial charge in [0, 0.05) is 24.7 Å². The largest absolute Gasteiger partial charge is 0.481 e. The summed E-state index contributed by atoms with van der Waals surface area (Å²) in [5.74, 6) is -2.01. The molecule has 2 N–H and O–H groups in total. The molecule has 1 fully saturated rings. The number of nitriles is 1. The summed E-state index contributed by atoms with van der Waals surface area (Å²) in [5, 5.41) is 20.9. The van der Waals surface area contributed by atoms with Crippen molar-refractivity contribution in [1.29, 1.82) is 5.26 Å². The molecule has 2 aromatic carbocycles. The number of nitrogens with one attached hydrogen (secondary N) is 1. The van der Waals surface area contributed by atoms with E-state index in [1.54, 1.807) is 29.2 Å². The van der Waals surface area contributed by atoms with Crippen molar-refractivity contribution in [3.8, 4) is 6.07 Å². The first-order valence-electron chi connectivity index (χ1n) is 10.3. The van der Waals surface area contributed by atoms with Crippen molar-refractivity contribution in [3.63, 3.8) is 0 Å². The minimum absolute atomic E-state index is 0.159. The van der Waals surface area contributed by atoms with Crippen LogP contribution in [0.15, 0.2) is 54.6 Å². The highest BCUT2D eigenvalue weighted by Crippen LogP contribution is 2.27. The van der Waals surface area contributed by atoms with E-state index in [0.717, 1.165) is 12.8 Å². The summed E-state index contributed by atoms with van der Waals surface area (Å²) in [7, 11) is 0. The Morgan fingerprint density at radius 3 is 2.48 bits per heavy atom. The van der Waals surface area contributed by atoms with Crippen LogP contribution in [0.25, 0.3) is 0 Å². The lowest BCUT2D eigenvalue weighted by Crippen LogP contribution is -2.42. The fourth-order valence-electron chi connectivity index (χ4n) is 3.95. The third-order valence-electron chi connectivity index (χ3n) is 5.53. The Morgan fingerprint density at radius 1 is 1.13 bits per heavy atom. The Labute approximate surface area is 181 Å². The smallest absolute Gasteiger partial charge is 0.304 e. The predicted octanol–water partition coefficient (Wildman–Crippen LogP) is 2.61. The van der Waals surface area contributed by atoms with Crippen molar-refractivity contribution < 1.29 is 19.5 Å². The summed E-state index contributed by atoms with van der Waals surface area (Å²) in [4.78, 5) is 38.1. The van der Waals surface area contributed by atoms with Gasteiger partial charge in [-0.1, -0.05) is 30.3 Å². The van der Waals surface area contributed by atoms with E-state index in [1.807, 2.05) is 36.4 Å². The number of benzene rings is 2. The molecule has 0 bridgehead atoms. The minimum atomic E-state index is -0.996. The monoisotopic (exact) mass is 419 g/mol. The molecule has 7 nitrogen and oxygen atoms in total. The standard InChI is InChI=1S/C24H25N3O4/c25-15-18-8-10-19(11-9-18)23(30)26-16-21-13-20(14-22(28)29)24(31)27(21)12-4-7-17-5-2-1-3-6-17/h1-3,5-6,8-11,20-21H,4,7,12-14,16H2,(H,26,30)(H,28,29)/t20-,21-/m0/s1. The van der Waals surface area contributed by atoms with Crippen LogP contribution >= 0.6 is 0 Å². The molecule has 3 rings (SSSR count). The van der Waals surface area contributed by atoms with Gasteiger partial charge in [0.1, 0.15) is 0 Å². The van der Waals surface area contributed by atoms with Gasteiger partial charge < -0.3 is 15.3 Å². The van der Waals surface area contributed by atoms with E-state index in [-0.39, 0.29) is 30.8 Å². The van der Waals surface area contributed by atoms with Gasteiger partial charge in [0.15, 0.2) is 0 Å². The molecule has 2 aromatic rings. The number of carboxylic acids is 1. The van der Waals surface area contributed by atoms with Gasteiger partial charge in [-0.2, -0.15) is 5.26 Å². The highest BCUT2D eigenvalue weighted by Gasteiger charge is 2.40. The number of amides is 2. The SMILES string of the molecule is N#Cc1ccc(C(=O)NC[C@@H]2C[C@@H](CC(=O)O)C(=O)N2CCCc2ccccc2)cc1. The van der Waals surface area contributed by atoms with Crippen LogP contribution in [0.5, 0.6) is 0 Å². The maximum atomic E-state index is 12.8. The molecule has 1 heterocycles. The first-order chi connectivity index (χ1) is 15.0. The van der Waals surface area contributed by atoms with Gasteiger partial charge in [-0.3, -0.25) is 14.4 Å². The summed E-state index contributed by atoms with van der Waals surface area (Å²) < 4.78 is 0. The first kappa shape index (κ1) is 22.0. The second-order valence-corrected chi connectivity index (χ2v) is 7.70. The van der Waals surface area contributed by atoms with Crippen LogP contribution in [0.1, 0.15) is 40.7 Å². The van der Waals surface area contributed by atoms with Gasteiger partial charge in [0.25, 0.3) is 5.91 Å². The number of aliphatic carboxylic acids is 1. The molecule has 0 radical (unpaired) electrons. The quantitative estimate of drug-likeness (QED) is 0.649. The number of nitrogens with zero attached hydrogens (tertiary/aromatic N) is 2. The highest BCUT2D eigenvalue weighted by molar-refractivity contribution is 5.94. The predicted molar refractivity (Wildman–Crippen MR) is 114 cm³/mol. The summed E-state index contributed by atoms with van der Waals surface area (Å²) in [6.07, 6.45) is 1.78. The maximum absolute atomic E-state index is 12.8. The lowest BCUT2D eigenvalue weighted by molar-refractivity contribution is -0.142. The molecule has 1 aliphatic heterocycles. The van der Waals surface area contributed by atoms with Gasteiger partial charge in [-0.05, 0) is 49.1 Å². The second-order valence-electron chi connectivity index (χ2n) is 7.70. The van der Waals surface area contributed by atoms with Crippen LogP contribution in [-0.2, 0) is 16.0 Å². The Morgan fingerprint density at radius 2 is 1.84 bits per heavy atom. The summed E-state index contributed by atoms with van der Waals surface area (Å²) in [5.41, 5.74) is 2.09. The first-order valence-corrected chi connectivity index (χ1v) is 10.3. The van der Waals surface area contributed by atoms with E-state index in [4.69, 9.17) is 10.4 Å². The third-order valence-corrected chi connectivity index (χ3v) is 5.53. The van der Waals surface area contributed by atoms with Crippen molar-refractivity contribution in [2.24, 2.45) is 5.92 Å². The van der Waals surface area contributed by atoms with Gasteiger partial charge in [0.05, 0.1) is 24.0 Å². The van der Waals surface area contributed by atoms with E-state index in [2.05, 4.69) is 5.32 Å².